The molecule has 5 atom stereocenters. The summed E-state index contributed by atoms with van der Waals surface area (Å²) in [5.74, 6) is -8.29. The normalized spacial score (nSPS) is 22.9. The fourth-order valence-electron chi connectivity index (χ4n) is 8.39. The molecule has 3 aromatic carbocycles. The van der Waals surface area contributed by atoms with Crippen molar-refractivity contribution >= 4 is 29.2 Å². The van der Waals surface area contributed by atoms with Gasteiger partial charge in [0.15, 0.2) is 11.4 Å². The molecule has 3 aliphatic carbocycles. The molecule has 53 heavy (non-hydrogen) atoms. The molecule has 0 bridgehead atoms. The topological polar surface area (TPSA) is 206 Å². The van der Waals surface area contributed by atoms with Crippen molar-refractivity contribution in [3.63, 3.8) is 0 Å². The Bertz CT molecular complexity index is 2050. The number of hydrogen-bond donors (Lipinski definition) is 6. The predicted molar refractivity (Wildman–Crippen MR) is 194 cm³/mol. The lowest BCUT2D eigenvalue weighted by Crippen LogP contribution is -2.62. The zero-order chi connectivity index (χ0) is 38.4. The van der Waals surface area contributed by atoms with E-state index in [2.05, 4.69) is 5.32 Å². The van der Waals surface area contributed by atoms with E-state index in [-0.39, 0.29) is 48.8 Å². The molecule has 0 aromatic heterocycles. The molecule has 1 amide bonds. The largest absolute Gasteiger partial charge is 0.508 e. The SMILES string of the molecule is CCOC(=O)C(Cc1ccccc1)NCc1ccc(OC)c(-c2ccc(O)c3c2C[C@H]2C[C@H]4[C@H](C(C)C)C(=O)C(C(N)=O)=C(O)[C@@]4(O)C(=O)C2=C3O)c1. The number of aliphatic hydroxyl groups is 3. The Balaban J connectivity index is 1.41. The van der Waals surface area contributed by atoms with E-state index in [1.54, 1.807) is 32.9 Å². The van der Waals surface area contributed by atoms with Crippen LogP contribution in [0.5, 0.6) is 11.5 Å². The van der Waals surface area contributed by atoms with Crippen molar-refractivity contribution in [2.75, 3.05) is 13.7 Å². The number of primary amides is 1. The molecule has 0 saturated heterocycles. The maximum Gasteiger partial charge on any atom is 0.323 e. The molecular weight excluding hydrogens is 680 g/mol. The molecule has 6 rings (SSSR count). The van der Waals surface area contributed by atoms with E-state index in [4.69, 9.17) is 15.2 Å². The molecule has 0 spiro atoms. The van der Waals surface area contributed by atoms with Gasteiger partial charge in [-0.3, -0.25) is 19.2 Å². The lowest BCUT2D eigenvalue weighted by molar-refractivity contribution is -0.155. The molecule has 3 aliphatic rings. The standard InChI is InChI=1S/C41H44N2O10/c1-5-53-40(50)28(16-21-9-7-6-8-10-21)43-19-22-11-14-30(52-4)25(15-22)24-12-13-29(44)33-26(24)17-23-18-27-31(20(2)3)35(45)34(39(42)49)38(48)41(27,51)37(47)32(23)36(33)46/h6-15,20,23,27-28,31,43-44,46,48,51H,5,16-19H2,1-4H3,(H2,42,49)/t23-,27-,28?,31-,41-/m0/s1. The third-order valence-corrected chi connectivity index (χ3v) is 10.8. The number of hydrogen-bond acceptors (Lipinski definition) is 11. The van der Waals surface area contributed by atoms with Crippen LogP contribution in [0.3, 0.4) is 0 Å². The molecule has 278 valence electrons. The first-order valence-corrected chi connectivity index (χ1v) is 17.7. The zero-order valence-corrected chi connectivity index (χ0v) is 30.0. The molecule has 1 unspecified atom stereocenters. The van der Waals surface area contributed by atoms with Crippen LogP contribution in [-0.2, 0) is 43.3 Å². The molecule has 12 heteroatoms. The number of aromatic hydroxyl groups is 1. The van der Waals surface area contributed by atoms with Gasteiger partial charge in [0.25, 0.3) is 5.91 Å². The van der Waals surface area contributed by atoms with Crippen molar-refractivity contribution in [3.05, 3.63) is 99.8 Å². The highest BCUT2D eigenvalue weighted by atomic mass is 16.5. The van der Waals surface area contributed by atoms with E-state index in [1.165, 1.54) is 13.2 Å². The predicted octanol–water partition coefficient (Wildman–Crippen LogP) is 4.25. The summed E-state index contributed by atoms with van der Waals surface area (Å²) >= 11 is 0. The number of phenols is 1. The lowest BCUT2D eigenvalue weighted by Gasteiger charge is -2.50. The number of aliphatic hydroxyl groups excluding tert-OH is 2. The highest BCUT2D eigenvalue weighted by Gasteiger charge is 2.64. The lowest BCUT2D eigenvalue weighted by atomic mass is 9.54. The minimum atomic E-state index is -2.69. The van der Waals surface area contributed by atoms with Crippen LogP contribution in [0, 0.1) is 23.7 Å². The summed E-state index contributed by atoms with van der Waals surface area (Å²) in [6.45, 7) is 5.71. The van der Waals surface area contributed by atoms with Gasteiger partial charge in [0, 0.05) is 29.5 Å². The van der Waals surface area contributed by atoms with Crippen LogP contribution in [0.15, 0.2) is 77.6 Å². The number of rotatable bonds is 11. The monoisotopic (exact) mass is 724 g/mol. The summed E-state index contributed by atoms with van der Waals surface area (Å²) < 4.78 is 11.1. The second-order valence-corrected chi connectivity index (χ2v) is 14.2. The van der Waals surface area contributed by atoms with Crippen molar-refractivity contribution in [2.45, 2.75) is 58.2 Å². The van der Waals surface area contributed by atoms with Gasteiger partial charge in [0.1, 0.15) is 34.6 Å². The van der Waals surface area contributed by atoms with Gasteiger partial charge in [-0.2, -0.15) is 0 Å². The molecule has 3 aromatic rings. The highest BCUT2D eigenvalue weighted by molar-refractivity contribution is 6.23. The van der Waals surface area contributed by atoms with Crippen molar-refractivity contribution in [1.82, 2.24) is 5.32 Å². The molecule has 0 heterocycles. The van der Waals surface area contributed by atoms with Gasteiger partial charge in [0.2, 0.25) is 5.78 Å². The second-order valence-electron chi connectivity index (χ2n) is 14.2. The van der Waals surface area contributed by atoms with Crippen LogP contribution < -0.4 is 15.8 Å². The molecule has 12 nitrogen and oxygen atoms in total. The van der Waals surface area contributed by atoms with Crippen LogP contribution in [0.1, 0.15) is 49.4 Å². The molecule has 7 N–H and O–H groups in total. The van der Waals surface area contributed by atoms with Gasteiger partial charge < -0.3 is 41.0 Å². The first kappa shape index (κ1) is 37.3. The van der Waals surface area contributed by atoms with E-state index in [0.29, 0.717) is 28.9 Å². The summed E-state index contributed by atoms with van der Waals surface area (Å²) in [5, 5.41) is 49.3. The fourth-order valence-corrected chi connectivity index (χ4v) is 8.39. The van der Waals surface area contributed by atoms with Gasteiger partial charge in [-0.1, -0.05) is 56.3 Å². The molecule has 0 radical (unpaired) electrons. The Labute approximate surface area is 306 Å². The van der Waals surface area contributed by atoms with Gasteiger partial charge in [-0.25, -0.2) is 0 Å². The fraction of sp³-hybridized carbons (Fsp3) is 0.366. The smallest absolute Gasteiger partial charge is 0.323 e. The van der Waals surface area contributed by atoms with Crippen LogP contribution >= 0.6 is 0 Å². The number of fused-ring (bicyclic) bond motifs is 3. The Morgan fingerprint density at radius 2 is 1.72 bits per heavy atom. The van der Waals surface area contributed by atoms with E-state index < -0.39 is 69.9 Å². The number of nitrogens with one attached hydrogen (secondary N) is 1. The minimum Gasteiger partial charge on any atom is -0.508 e. The number of methoxy groups -OCH3 is 1. The first-order chi connectivity index (χ1) is 25.2. The van der Waals surface area contributed by atoms with Crippen molar-refractivity contribution in [3.8, 4) is 22.6 Å². The maximum absolute atomic E-state index is 14.3. The zero-order valence-electron chi connectivity index (χ0n) is 30.0. The van der Waals surface area contributed by atoms with Crippen molar-refractivity contribution < 1.29 is 49.1 Å². The number of esters is 1. The number of ether oxygens (including phenoxy) is 2. The van der Waals surface area contributed by atoms with Crippen LogP contribution in [0.4, 0.5) is 0 Å². The van der Waals surface area contributed by atoms with Crippen LogP contribution in [-0.4, -0.2) is 69.2 Å². The summed E-state index contributed by atoms with van der Waals surface area (Å²) in [4.78, 5) is 53.0. The Morgan fingerprint density at radius 3 is 2.36 bits per heavy atom. The highest BCUT2D eigenvalue weighted by Crippen LogP contribution is 2.55. The number of benzene rings is 3. The first-order valence-electron chi connectivity index (χ1n) is 17.7. The number of phenolic OH excluding ortho intramolecular Hbond substituents is 1. The van der Waals surface area contributed by atoms with Crippen molar-refractivity contribution in [2.24, 2.45) is 29.4 Å². The summed E-state index contributed by atoms with van der Waals surface area (Å²) in [5.41, 5.74) is 5.17. The minimum absolute atomic E-state index is 0.00137. The second kappa shape index (κ2) is 14.5. The van der Waals surface area contributed by atoms with Crippen LogP contribution in [0.2, 0.25) is 0 Å². The molecule has 0 aliphatic heterocycles. The third kappa shape index (κ3) is 6.35. The summed E-state index contributed by atoms with van der Waals surface area (Å²) in [7, 11) is 1.52. The van der Waals surface area contributed by atoms with Gasteiger partial charge in [-0.05, 0) is 78.5 Å². The number of carbonyl (C=O) groups excluding carboxylic acids is 4. The average molecular weight is 725 g/mol. The average Bonchev–Trinajstić information content (AvgIpc) is 3.12. The molecule has 1 saturated carbocycles. The Hall–Kier alpha value is -5.46. The molecular formula is C41H44N2O10. The Morgan fingerprint density at radius 1 is 1.00 bits per heavy atom. The van der Waals surface area contributed by atoms with Crippen molar-refractivity contribution in [1.29, 1.82) is 0 Å². The molecule has 1 fully saturated rings. The van der Waals surface area contributed by atoms with Gasteiger partial charge in [-0.15, -0.1) is 0 Å². The quantitative estimate of drug-likeness (QED) is 0.122. The summed E-state index contributed by atoms with van der Waals surface area (Å²) in [6, 6.07) is 17.6. The number of Topliss-reactive ketones (excluding diaryl/α,β-unsaturated/α-hetero) is 2. The number of amides is 1. The van der Waals surface area contributed by atoms with E-state index in [9.17, 15) is 39.6 Å². The number of carbonyl (C=O) groups is 4. The van der Waals surface area contributed by atoms with Crippen LogP contribution in [0.25, 0.3) is 16.9 Å². The van der Waals surface area contributed by atoms with E-state index in [0.717, 1.165) is 11.1 Å². The van der Waals surface area contributed by atoms with E-state index in [1.807, 2.05) is 42.5 Å². The third-order valence-electron chi connectivity index (χ3n) is 10.8. The number of nitrogens with two attached hydrogens (primary N) is 1. The number of ketones is 2. The van der Waals surface area contributed by atoms with E-state index >= 15 is 0 Å². The maximum atomic E-state index is 14.3. The van der Waals surface area contributed by atoms with Gasteiger partial charge >= 0.3 is 5.97 Å². The van der Waals surface area contributed by atoms with Gasteiger partial charge in [0.05, 0.1) is 19.3 Å². The summed E-state index contributed by atoms with van der Waals surface area (Å²) in [6.07, 6.45) is 0.536. The Kier molecular flexibility index (Phi) is 10.2.